The van der Waals surface area contributed by atoms with Gasteiger partial charge in [-0.25, -0.2) is 0 Å². The second kappa shape index (κ2) is 5.09. The predicted molar refractivity (Wildman–Crippen MR) is 67.6 cm³/mol. The first kappa shape index (κ1) is 11.8. The highest BCUT2D eigenvalue weighted by Gasteiger charge is 2.20. The van der Waals surface area contributed by atoms with Crippen molar-refractivity contribution in [2.75, 3.05) is 5.73 Å². The number of nitrogen functional groups attached to an aromatic ring is 1. The number of hydrogen-bond donors (Lipinski definition) is 1. The maximum atomic E-state index is 8.79. The Morgan fingerprint density at radius 3 is 2.88 bits per heavy atom. The fourth-order valence-corrected chi connectivity index (χ4v) is 2.39. The molecule has 2 N–H and O–H groups in total. The maximum absolute atomic E-state index is 8.79. The van der Waals surface area contributed by atoms with E-state index in [4.69, 9.17) is 15.7 Å². The van der Waals surface area contributed by atoms with Crippen LogP contribution in [0.3, 0.4) is 0 Å². The summed E-state index contributed by atoms with van der Waals surface area (Å²) in [6, 6.07) is 7.35. The van der Waals surface area contributed by atoms with Crippen molar-refractivity contribution in [3.05, 3.63) is 23.8 Å². The largest absolute Gasteiger partial charge is 0.490 e. The third kappa shape index (κ3) is 2.91. The molecule has 2 rings (SSSR count). The molecule has 90 valence electrons. The lowest BCUT2D eigenvalue weighted by molar-refractivity contribution is 0.129. The molecule has 1 aliphatic rings. The SMILES string of the molecule is CC1CCCC(Oc2ccc(C#N)c(N)c2)C1. The molecule has 0 spiro atoms. The van der Waals surface area contributed by atoms with Gasteiger partial charge in [0.15, 0.2) is 0 Å². The second-order valence-electron chi connectivity index (χ2n) is 4.87. The van der Waals surface area contributed by atoms with Crippen LogP contribution in [0.25, 0.3) is 0 Å². The Bertz CT molecular complexity index is 436. The summed E-state index contributed by atoms with van der Waals surface area (Å²) >= 11 is 0. The quantitative estimate of drug-likeness (QED) is 0.794. The predicted octanol–water partition coefficient (Wildman–Crippen LogP) is 3.10. The molecule has 0 aliphatic heterocycles. The molecule has 0 amide bonds. The van der Waals surface area contributed by atoms with Crippen molar-refractivity contribution in [3.63, 3.8) is 0 Å². The summed E-state index contributed by atoms with van der Waals surface area (Å²) in [6.07, 6.45) is 5.06. The Kier molecular flexibility index (Phi) is 3.53. The van der Waals surface area contributed by atoms with E-state index in [1.807, 2.05) is 6.07 Å². The Labute approximate surface area is 102 Å². The van der Waals surface area contributed by atoms with Crippen LogP contribution >= 0.6 is 0 Å². The van der Waals surface area contributed by atoms with Gasteiger partial charge in [0.2, 0.25) is 0 Å². The zero-order chi connectivity index (χ0) is 12.3. The average molecular weight is 230 g/mol. The molecule has 0 aromatic heterocycles. The van der Waals surface area contributed by atoms with Gasteiger partial charge in [0.25, 0.3) is 0 Å². The van der Waals surface area contributed by atoms with Crippen LogP contribution in [0.1, 0.15) is 38.2 Å². The van der Waals surface area contributed by atoms with E-state index in [2.05, 4.69) is 13.0 Å². The zero-order valence-corrected chi connectivity index (χ0v) is 10.1. The summed E-state index contributed by atoms with van der Waals surface area (Å²) < 4.78 is 5.92. The summed E-state index contributed by atoms with van der Waals surface area (Å²) in [5.74, 6) is 1.52. The highest BCUT2D eigenvalue weighted by atomic mass is 16.5. The van der Waals surface area contributed by atoms with Gasteiger partial charge >= 0.3 is 0 Å². The first-order chi connectivity index (χ1) is 8.19. The molecule has 3 nitrogen and oxygen atoms in total. The second-order valence-corrected chi connectivity index (χ2v) is 4.87. The number of rotatable bonds is 2. The minimum Gasteiger partial charge on any atom is -0.490 e. The summed E-state index contributed by atoms with van der Waals surface area (Å²) in [4.78, 5) is 0. The fourth-order valence-electron chi connectivity index (χ4n) is 2.39. The summed E-state index contributed by atoms with van der Waals surface area (Å²) in [7, 11) is 0. The number of ether oxygens (including phenoxy) is 1. The highest BCUT2D eigenvalue weighted by molar-refractivity contribution is 5.57. The van der Waals surface area contributed by atoms with Crippen LogP contribution in [0.15, 0.2) is 18.2 Å². The molecule has 1 aliphatic carbocycles. The van der Waals surface area contributed by atoms with Gasteiger partial charge in [0.05, 0.1) is 17.4 Å². The molecular weight excluding hydrogens is 212 g/mol. The minimum absolute atomic E-state index is 0.297. The average Bonchev–Trinajstić information content (AvgIpc) is 2.29. The van der Waals surface area contributed by atoms with Crippen LogP contribution in [0, 0.1) is 17.2 Å². The molecule has 1 fully saturated rings. The Balaban J connectivity index is 2.04. The molecule has 2 unspecified atom stereocenters. The lowest BCUT2D eigenvalue weighted by Crippen LogP contribution is -2.24. The van der Waals surface area contributed by atoms with Gasteiger partial charge in [-0.05, 0) is 37.3 Å². The van der Waals surface area contributed by atoms with Gasteiger partial charge < -0.3 is 10.5 Å². The first-order valence-electron chi connectivity index (χ1n) is 6.15. The van der Waals surface area contributed by atoms with E-state index in [9.17, 15) is 0 Å². The summed E-state index contributed by atoms with van der Waals surface area (Å²) in [5, 5.41) is 8.79. The van der Waals surface area contributed by atoms with E-state index in [0.29, 0.717) is 17.4 Å². The third-order valence-electron chi connectivity index (χ3n) is 3.33. The van der Waals surface area contributed by atoms with E-state index in [-0.39, 0.29) is 0 Å². The summed E-state index contributed by atoms with van der Waals surface area (Å²) in [5.41, 5.74) is 6.76. The molecule has 0 saturated heterocycles. The monoisotopic (exact) mass is 230 g/mol. The van der Waals surface area contributed by atoms with Crippen molar-refractivity contribution in [2.45, 2.75) is 38.7 Å². The lowest BCUT2D eigenvalue weighted by atomic mass is 9.89. The van der Waals surface area contributed by atoms with E-state index in [1.165, 1.54) is 12.8 Å². The van der Waals surface area contributed by atoms with E-state index < -0.39 is 0 Å². The topological polar surface area (TPSA) is 59.0 Å². The molecular formula is C14H18N2O. The van der Waals surface area contributed by atoms with Crippen LogP contribution in [-0.4, -0.2) is 6.10 Å². The van der Waals surface area contributed by atoms with Gasteiger partial charge in [-0.1, -0.05) is 13.3 Å². The standard InChI is InChI=1S/C14H18N2O/c1-10-3-2-4-12(7-10)17-13-6-5-11(9-15)14(16)8-13/h5-6,8,10,12H,2-4,7,16H2,1H3. The smallest absolute Gasteiger partial charge is 0.121 e. The zero-order valence-electron chi connectivity index (χ0n) is 10.1. The van der Waals surface area contributed by atoms with Crippen LogP contribution in [-0.2, 0) is 0 Å². The summed E-state index contributed by atoms with van der Waals surface area (Å²) in [6.45, 7) is 2.27. The number of hydrogen-bond acceptors (Lipinski definition) is 3. The van der Waals surface area contributed by atoms with Crippen LogP contribution in [0.2, 0.25) is 0 Å². The number of nitrogens with two attached hydrogens (primary N) is 1. The van der Waals surface area contributed by atoms with E-state index >= 15 is 0 Å². The van der Waals surface area contributed by atoms with Crippen molar-refractivity contribution in [3.8, 4) is 11.8 Å². The fraction of sp³-hybridized carbons (Fsp3) is 0.500. The van der Waals surface area contributed by atoms with Crippen LogP contribution < -0.4 is 10.5 Å². The van der Waals surface area contributed by atoms with Crippen molar-refractivity contribution in [1.29, 1.82) is 5.26 Å². The minimum atomic E-state index is 0.297. The van der Waals surface area contributed by atoms with Gasteiger partial charge in [-0.15, -0.1) is 0 Å². The van der Waals surface area contributed by atoms with Crippen molar-refractivity contribution in [2.24, 2.45) is 5.92 Å². The van der Waals surface area contributed by atoms with Gasteiger partial charge in [-0.3, -0.25) is 0 Å². The normalized spacial score (nSPS) is 24.0. The van der Waals surface area contributed by atoms with Gasteiger partial charge in [0.1, 0.15) is 11.8 Å². The molecule has 3 heteroatoms. The lowest BCUT2D eigenvalue weighted by Gasteiger charge is -2.27. The number of anilines is 1. The maximum Gasteiger partial charge on any atom is 0.121 e. The molecule has 17 heavy (non-hydrogen) atoms. The van der Waals surface area contributed by atoms with Crippen LogP contribution in [0.4, 0.5) is 5.69 Å². The molecule has 1 aromatic carbocycles. The van der Waals surface area contributed by atoms with Crippen LogP contribution in [0.5, 0.6) is 5.75 Å². The first-order valence-corrected chi connectivity index (χ1v) is 6.15. The van der Waals surface area contributed by atoms with Crippen molar-refractivity contribution in [1.82, 2.24) is 0 Å². The van der Waals surface area contributed by atoms with Crippen molar-refractivity contribution >= 4 is 5.69 Å². The molecule has 1 aromatic rings. The van der Waals surface area contributed by atoms with Gasteiger partial charge in [0, 0.05) is 6.07 Å². The molecule has 0 radical (unpaired) electrons. The van der Waals surface area contributed by atoms with Crippen molar-refractivity contribution < 1.29 is 4.74 Å². The Morgan fingerprint density at radius 1 is 1.41 bits per heavy atom. The molecule has 1 saturated carbocycles. The molecule has 0 bridgehead atoms. The third-order valence-corrected chi connectivity index (χ3v) is 3.33. The number of nitrogens with zero attached hydrogens (tertiary/aromatic N) is 1. The van der Waals surface area contributed by atoms with E-state index in [0.717, 1.165) is 24.5 Å². The Morgan fingerprint density at radius 2 is 2.24 bits per heavy atom. The molecule has 0 heterocycles. The molecule has 2 atom stereocenters. The number of benzene rings is 1. The van der Waals surface area contributed by atoms with E-state index in [1.54, 1.807) is 12.1 Å². The van der Waals surface area contributed by atoms with Gasteiger partial charge in [-0.2, -0.15) is 5.26 Å². The number of nitriles is 1. The highest BCUT2D eigenvalue weighted by Crippen LogP contribution is 2.28. The Hall–Kier alpha value is -1.69.